The summed E-state index contributed by atoms with van der Waals surface area (Å²) in [6.07, 6.45) is -1.03. The molecule has 0 aliphatic heterocycles. The van der Waals surface area contributed by atoms with E-state index in [0.717, 1.165) is 0 Å². The number of esters is 1. The summed E-state index contributed by atoms with van der Waals surface area (Å²) >= 11 is 5.75. The summed E-state index contributed by atoms with van der Waals surface area (Å²) in [5.41, 5.74) is 0.523. The average molecular weight is 352 g/mol. The lowest BCUT2D eigenvalue weighted by Gasteiger charge is -2.14. The molecule has 0 saturated heterocycles. The molecule has 0 saturated carbocycles. The van der Waals surface area contributed by atoms with Crippen LogP contribution >= 0.6 is 11.6 Å². The number of halogens is 2. The lowest BCUT2D eigenvalue weighted by molar-refractivity contribution is -0.155. The number of hydrogen-bond acceptors (Lipinski definition) is 4. The maximum absolute atomic E-state index is 13.4. The van der Waals surface area contributed by atoms with E-state index in [-0.39, 0.29) is 5.75 Å². The second-order valence-electron chi connectivity index (χ2n) is 4.85. The van der Waals surface area contributed by atoms with Crippen LogP contribution in [0.5, 0.6) is 5.75 Å². The minimum Gasteiger partial charge on any atom is -0.479 e. The predicted molar refractivity (Wildman–Crippen MR) is 87.5 cm³/mol. The number of hydrogen-bond donors (Lipinski definition) is 1. The highest BCUT2D eigenvalue weighted by atomic mass is 35.5. The number of benzene rings is 2. The van der Waals surface area contributed by atoms with Crippen LogP contribution in [0, 0.1) is 5.82 Å². The Balaban J connectivity index is 1.81. The first kappa shape index (κ1) is 17.7. The highest BCUT2D eigenvalue weighted by Gasteiger charge is 2.18. The van der Waals surface area contributed by atoms with Gasteiger partial charge < -0.3 is 14.8 Å². The third kappa shape index (κ3) is 5.24. The number of ether oxygens (including phenoxy) is 2. The molecule has 0 unspecified atom stereocenters. The van der Waals surface area contributed by atoms with Crippen molar-refractivity contribution in [2.75, 3.05) is 11.9 Å². The van der Waals surface area contributed by atoms with Crippen LogP contribution in [0.25, 0.3) is 0 Å². The first-order chi connectivity index (χ1) is 11.5. The molecular formula is C17H15ClFNO4. The SMILES string of the molecule is C[C@@H](OC(=O)COc1ccccc1F)C(=O)Nc1ccc(Cl)cc1. The second-order valence-corrected chi connectivity index (χ2v) is 5.28. The van der Waals surface area contributed by atoms with Gasteiger partial charge in [-0.25, -0.2) is 9.18 Å². The smallest absolute Gasteiger partial charge is 0.344 e. The molecule has 0 fully saturated rings. The molecule has 0 aliphatic rings. The third-order valence-corrected chi connectivity index (χ3v) is 3.22. The first-order valence-electron chi connectivity index (χ1n) is 7.09. The zero-order valence-corrected chi connectivity index (χ0v) is 13.5. The van der Waals surface area contributed by atoms with Gasteiger partial charge in [0.25, 0.3) is 5.91 Å². The quantitative estimate of drug-likeness (QED) is 0.810. The van der Waals surface area contributed by atoms with Crippen molar-refractivity contribution in [3.63, 3.8) is 0 Å². The van der Waals surface area contributed by atoms with Crippen LogP contribution in [-0.4, -0.2) is 24.6 Å². The fraction of sp³-hybridized carbons (Fsp3) is 0.176. The van der Waals surface area contributed by atoms with Gasteiger partial charge in [0.05, 0.1) is 0 Å². The van der Waals surface area contributed by atoms with Crippen LogP contribution < -0.4 is 10.1 Å². The Hall–Kier alpha value is -2.60. The molecule has 5 nitrogen and oxygen atoms in total. The Morgan fingerprint density at radius 2 is 1.83 bits per heavy atom. The highest BCUT2D eigenvalue weighted by molar-refractivity contribution is 6.30. The van der Waals surface area contributed by atoms with Crippen LogP contribution in [0.4, 0.5) is 10.1 Å². The van der Waals surface area contributed by atoms with Crippen molar-refractivity contribution < 1.29 is 23.5 Å². The van der Waals surface area contributed by atoms with Crippen molar-refractivity contribution in [2.24, 2.45) is 0 Å². The van der Waals surface area contributed by atoms with E-state index in [2.05, 4.69) is 5.32 Å². The summed E-state index contributed by atoms with van der Waals surface area (Å²) in [4.78, 5) is 23.6. The Morgan fingerprint density at radius 1 is 1.17 bits per heavy atom. The van der Waals surface area contributed by atoms with Gasteiger partial charge in [0, 0.05) is 10.7 Å². The molecule has 0 heterocycles. The van der Waals surface area contributed by atoms with E-state index in [1.165, 1.54) is 25.1 Å². The number of carbonyl (C=O) groups is 2. The minimum absolute atomic E-state index is 0.0623. The van der Waals surface area contributed by atoms with E-state index >= 15 is 0 Å². The maximum Gasteiger partial charge on any atom is 0.344 e. The topological polar surface area (TPSA) is 64.6 Å². The van der Waals surface area contributed by atoms with Crippen molar-refractivity contribution in [1.29, 1.82) is 0 Å². The summed E-state index contributed by atoms with van der Waals surface area (Å²) in [5.74, 6) is -1.93. The molecule has 24 heavy (non-hydrogen) atoms. The van der Waals surface area contributed by atoms with Crippen LogP contribution in [0.15, 0.2) is 48.5 Å². The molecule has 1 amide bonds. The van der Waals surface area contributed by atoms with Crippen molar-refractivity contribution in [3.05, 3.63) is 59.4 Å². The number of para-hydroxylation sites is 1. The Kier molecular flexibility index (Phi) is 6.14. The average Bonchev–Trinajstić information content (AvgIpc) is 2.56. The van der Waals surface area contributed by atoms with Gasteiger partial charge in [-0.05, 0) is 43.3 Å². The standard InChI is InChI=1S/C17H15ClFNO4/c1-11(17(22)20-13-8-6-12(18)7-9-13)24-16(21)10-23-15-5-3-2-4-14(15)19/h2-9,11H,10H2,1H3,(H,20,22)/t11-/m1/s1. The summed E-state index contributed by atoms with van der Waals surface area (Å²) in [6.45, 7) is 0.922. The molecule has 0 radical (unpaired) electrons. The molecule has 126 valence electrons. The number of carbonyl (C=O) groups excluding carboxylic acids is 2. The van der Waals surface area contributed by atoms with Gasteiger partial charge in [-0.15, -0.1) is 0 Å². The summed E-state index contributed by atoms with van der Waals surface area (Å²) in [5, 5.41) is 3.12. The van der Waals surface area contributed by atoms with E-state index in [0.29, 0.717) is 10.7 Å². The second kappa shape index (κ2) is 8.31. The number of amides is 1. The van der Waals surface area contributed by atoms with Crippen LogP contribution in [0.1, 0.15) is 6.92 Å². The summed E-state index contributed by atoms with van der Waals surface area (Å²) in [7, 11) is 0. The molecule has 0 aromatic heterocycles. The van der Waals surface area contributed by atoms with Gasteiger partial charge in [0.15, 0.2) is 24.3 Å². The molecule has 2 rings (SSSR count). The fourth-order valence-electron chi connectivity index (χ4n) is 1.76. The van der Waals surface area contributed by atoms with E-state index < -0.39 is 30.4 Å². The van der Waals surface area contributed by atoms with Gasteiger partial charge in [-0.3, -0.25) is 4.79 Å². The Morgan fingerprint density at radius 3 is 2.50 bits per heavy atom. The Labute approximate surface area is 143 Å². The molecule has 0 aliphatic carbocycles. The van der Waals surface area contributed by atoms with Crippen LogP contribution in [0.2, 0.25) is 5.02 Å². The normalized spacial score (nSPS) is 11.5. The maximum atomic E-state index is 13.4. The molecule has 1 atom stereocenters. The minimum atomic E-state index is -1.03. The Bertz CT molecular complexity index is 721. The van der Waals surface area contributed by atoms with E-state index in [1.54, 1.807) is 30.3 Å². The largest absolute Gasteiger partial charge is 0.479 e. The zero-order chi connectivity index (χ0) is 17.5. The lowest BCUT2D eigenvalue weighted by Crippen LogP contribution is -2.31. The van der Waals surface area contributed by atoms with Crippen LogP contribution in [0.3, 0.4) is 0 Å². The van der Waals surface area contributed by atoms with Crippen molar-refractivity contribution in [1.82, 2.24) is 0 Å². The van der Waals surface area contributed by atoms with Crippen molar-refractivity contribution in [2.45, 2.75) is 13.0 Å². The van der Waals surface area contributed by atoms with Crippen molar-refractivity contribution in [3.8, 4) is 5.75 Å². The number of anilines is 1. The molecule has 0 spiro atoms. The fourth-order valence-corrected chi connectivity index (χ4v) is 1.89. The molecule has 0 bridgehead atoms. The molecule has 2 aromatic rings. The predicted octanol–water partition coefficient (Wildman–Crippen LogP) is 3.43. The monoisotopic (exact) mass is 351 g/mol. The van der Waals surface area contributed by atoms with E-state index in [1.807, 2.05) is 0 Å². The summed E-state index contributed by atoms with van der Waals surface area (Å²) < 4.78 is 23.3. The number of rotatable bonds is 6. The van der Waals surface area contributed by atoms with Gasteiger partial charge in [0.1, 0.15) is 0 Å². The highest BCUT2D eigenvalue weighted by Crippen LogP contribution is 2.16. The lowest BCUT2D eigenvalue weighted by atomic mass is 10.3. The van der Waals surface area contributed by atoms with Gasteiger partial charge >= 0.3 is 5.97 Å². The summed E-state index contributed by atoms with van der Waals surface area (Å²) in [6, 6.07) is 12.2. The van der Waals surface area contributed by atoms with Gasteiger partial charge in [-0.1, -0.05) is 23.7 Å². The van der Waals surface area contributed by atoms with Crippen molar-refractivity contribution >= 4 is 29.2 Å². The zero-order valence-electron chi connectivity index (χ0n) is 12.8. The molecule has 1 N–H and O–H groups in total. The van der Waals surface area contributed by atoms with Gasteiger partial charge in [-0.2, -0.15) is 0 Å². The van der Waals surface area contributed by atoms with E-state index in [9.17, 15) is 14.0 Å². The molecular weight excluding hydrogens is 337 g/mol. The molecule has 2 aromatic carbocycles. The van der Waals surface area contributed by atoms with Crippen LogP contribution in [-0.2, 0) is 14.3 Å². The number of nitrogens with one attached hydrogen (secondary N) is 1. The van der Waals surface area contributed by atoms with E-state index in [4.69, 9.17) is 21.1 Å². The molecule has 7 heteroatoms. The first-order valence-corrected chi connectivity index (χ1v) is 7.47. The third-order valence-electron chi connectivity index (χ3n) is 2.97. The van der Waals surface area contributed by atoms with Gasteiger partial charge in [0.2, 0.25) is 0 Å².